The molecule has 0 aliphatic rings. The molecule has 0 radical (unpaired) electrons. The molecule has 2 aromatic carbocycles. The molecule has 0 bridgehead atoms. The summed E-state index contributed by atoms with van der Waals surface area (Å²) in [6, 6.07) is 19.4. The van der Waals surface area contributed by atoms with Crippen LogP contribution < -0.4 is 10.6 Å². The van der Waals surface area contributed by atoms with Crippen molar-refractivity contribution >= 4 is 52.1 Å². The van der Waals surface area contributed by atoms with Crippen LogP contribution in [-0.4, -0.2) is 27.9 Å². The van der Waals surface area contributed by atoms with E-state index in [2.05, 4.69) is 15.6 Å². The lowest BCUT2D eigenvalue weighted by Crippen LogP contribution is -2.16. The van der Waals surface area contributed by atoms with E-state index >= 15 is 0 Å². The van der Waals surface area contributed by atoms with Gasteiger partial charge in [0.15, 0.2) is 0 Å². The molecule has 0 saturated heterocycles. The van der Waals surface area contributed by atoms with Crippen LogP contribution in [0.2, 0.25) is 5.02 Å². The van der Waals surface area contributed by atoms with Gasteiger partial charge in [0.25, 0.3) is 11.8 Å². The average Bonchev–Trinajstić information content (AvgIpc) is 3.31. The van der Waals surface area contributed by atoms with Crippen molar-refractivity contribution in [3.05, 3.63) is 100 Å². The Morgan fingerprint density at radius 3 is 2.36 bits per heavy atom. The lowest BCUT2D eigenvalue weighted by Gasteiger charge is -2.11. The van der Waals surface area contributed by atoms with Gasteiger partial charge in [0, 0.05) is 22.5 Å². The highest BCUT2D eigenvalue weighted by molar-refractivity contribution is 7.17. The molecule has 0 fully saturated rings. The number of hydrogen-bond acceptors (Lipinski definition) is 5. The van der Waals surface area contributed by atoms with Gasteiger partial charge in [0.2, 0.25) is 0 Å². The summed E-state index contributed by atoms with van der Waals surface area (Å²) in [6.45, 7) is 0. The monoisotopic (exact) mass is 477 g/mol. The van der Waals surface area contributed by atoms with E-state index in [0.717, 1.165) is 10.6 Å². The van der Waals surface area contributed by atoms with Crippen molar-refractivity contribution in [2.45, 2.75) is 0 Å². The van der Waals surface area contributed by atoms with Gasteiger partial charge in [-0.05, 0) is 66.7 Å². The number of aromatic carboxylic acids is 1. The van der Waals surface area contributed by atoms with Gasteiger partial charge in [-0.2, -0.15) is 0 Å². The fourth-order valence-corrected chi connectivity index (χ4v) is 4.01. The van der Waals surface area contributed by atoms with E-state index in [4.69, 9.17) is 11.6 Å². The molecule has 0 aliphatic carbocycles. The summed E-state index contributed by atoms with van der Waals surface area (Å²) in [4.78, 5) is 42.6. The lowest BCUT2D eigenvalue weighted by atomic mass is 10.1. The predicted octanol–water partition coefficient (Wildman–Crippen LogP) is 5.67. The van der Waals surface area contributed by atoms with E-state index in [1.54, 1.807) is 48.7 Å². The van der Waals surface area contributed by atoms with Gasteiger partial charge in [-0.25, -0.2) is 4.79 Å². The molecule has 4 aromatic rings. The van der Waals surface area contributed by atoms with E-state index in [1.807, 2.05) is 12.1 Å². The number of anilines is 2. The number of amides is 2. The molecular formula is C24H16ClN3O4S. The van der Waals surface area contributed by atoms with Crippen LogP contribution in [0.3, 0.4) is 0 Å². The van der Waals surface area contributed by atoms with Gasteiger partial charge in [0.05, 0.1) is 26.7 Å². The van der Waals surface area contributed by atoms with Gasteiger partial charge >= 0.3 is 5.97 Å². The van der Waals surface area contributed by atoms with Crippen LogP contribution in [0.15, 0.2) is 79.0 Å². The quantitative estimate of drug-likeness (QED) is 0.331. The van der Waals surface area contributed by atoms with Crippen molar-refractivity contribution < 1.29 is 19.5 Å². The first kappa shape index (κ1) is 22.2. The van der Waals surface area contributed by atoms with Crippen molar-refractivity contribution in [2.75, 3.05) is 10.6 Å². The number of nitrogens with one attached hydrogen (secondary N) is 2. The van der Waals surface area contributed by atoms with Gasteiger partial charge in [-0.15, -0.1) is 11.3 Å². The Morgan fingerprint density at radius 2 is 1.67 bits per heavy atom. The Labute approximate surface area is 197 Å². The highest BCUT2D eigenvalue weighted by Gasteiger charge is 2.18. The molecule has 7 nitrogen and oxygen atoms in total. The second kappa shape index (κ2) is 9.64. The Kier molecular flexibility index (Phi) is 6.48. The maximum atomic E-state index is 12.8. The minimum atomic E-state index is -1.23. The first-order valence-electron chi connectivity index (χ1n) is 9.67. The van der Waals surface area contributed by atoms with E-state index < -0.39 is 17.8 Å². The second-order valence-electron chi connectivity index (χ2n) is 6.86. The Balaban J connectivity index is 1.56. The Bertz CT molecular complexity index is 1340. The van der Waals surface area contributed by atoms with Crippen molar-refractivity contribution in [1.29, 1.82) is 0 Å². The number of carbonyl (C=O) groups excluding carboxylic acids is 2. The number of carbonyl (C=O) groups is 3. The maximum absolute atomic E-state index is 12.8. The molecule has 4 rings (SSSR count). The molecule has 2 amide bonds. The molecule has 2 aromatic heterocycles. The fraction of sp³-hybridized carbons (Fsp3) is 0. The number of nitrogens with zero attached hydrogens (tertiary/aromatic N) is 1. The summed E-state index contributed by atoms with van der Waals surface area (Å²) in [5.41, 5.74) is 1.33. The average molecular weight is 478 g/mol. The Morgan fingerprint density at radius 1 is 0.879 bits per heavy atom. The van der Waals surface area contributed by atoms with Crippen molar-refractivity contribution in [3.63, 3.8) is 0 Å². The van der Waals surface area contributed by atoms with Crippen LogP contribution in [0.1, 0.15) is 30.4 Å². The van der Waals surface area contributed by atoms with Crippen LogP contribution in [0.5, 0.6) is 0 Å². The van der Waals surface area contributed by atoms with Gasteiger partial charge < -0.3 is 15.7 Å². The summed E-state index contributed by atoms with van der Waals surface area (Å²) in [7, 11) is 0. The Hall–Kier alpha value is -4.01. The number of halogens is 1. The molecule has 0 unspecified atom stereocenters. The zero-order chi connectivity index (χ0) is 23.4. The summed E-state index contributed by atoms with van der Waals surface area (Å²) in [6.07, 6.45) is 1.66. The summed E-state index contributed by atoms with van der Waals surface area (Å²) >= 11 is 7.09. The fourth-order valence-electron chi connectivity index (χ4n) is 3.00. The summed E-state index contributed by atoms with van der Waals surface area (Å²) in [5, 5.41) is 15.4. The minimum absolute atomic E-state index is 0.0176. The molecule has 33 heavy (non-hydrogen) atoms. The minimum Gasteiger partial charge on any atom is -0.478 e. The third-order valence-electron chi connectivity index (χ3n) is 4.61. The molecule has 164 valence electrons. The molecule has 3 N–H and O–H groups in total. The smallest absolute Gasteiger partial charge is 0.337 e. The summed E-state index contributed by atoms with van der Waals surface area (Å²) < 4.78 is 0. The van der Waals surface area contributed by atoms with E-state index in [-0.39, 0.29) is 16.8 Å². The molecule has 0 atom stereocenters. The predicted molar refractivity (Wildman–Crippen MR) is 128 cm³/mol. The van der Waals surface area contributed by atoms with Crippen LogP contribution in [0.4, 0.5) is 11.4 Å². The van der Waals surface area contributed by atoms with Crippen molar-refractivity contribution in [1.82, 2.24) is 4.98 Å². The summed E-state index contributed by atoms with van der Waals surface area (Å²) in [5.74, 6) is -2.17. The molecule has 9 heteroatoms. The van der Waals surface area contributed by atoms with E-state index in [0.29, 0.717) is 15.6 Å². The first-order chi connectivity index (χ1) is 15.9. The van der Waals surface area contributed by atoms with Crippen LogP contribution in [0.25, 0.3) is 10.6 Å². The highest BCUT2D eigenvalue weighted by Crippen LogP contribution is 2.28. The topological polar surface area (TPSA) is 108 Å². The van der Waals surface area contributed by atoms with E-state index in [1.165, 1.54) is 29.5 Å². The normalized spacial score (nSPS) is 10.5. The molecular weight excluding hydrogens is 462 g/mol. The van der Waals surface area contributed by atoms with Gasteiger partial charge in [-0.1, -0.05) is 17.7 Å². The largest absolute Gasteiger partial charge is 0.478 e. The maximum Gasteiger partial charge on any atom is 0.337 e. The third-order valence-corrected chi connectivity index (χ3v) is 5.97. The van der Waals surface area contributed by atoms with Gasteiger partial charge in [0.1, 0.15) is 0 Å². The number of benzene rings is 2. The van der Waals surface area contributed by atoms with Crippen LogP contribution in [-0.2, 0) is 0 Å². The zero-order valence-electron chi connectivity index (χ0n) is 16.9. The lowest BCUT2D eigenvalue weighted by molar-refractivity contribution is 0.0697. The van der Waals surface area contributed by atoms with Gasteiger partial charge in [-0.3, -0.25) is 14.6 Å². The number of thiophene rings is 1. The first-order valence-corrected chi connectivity index (χ1v) is 10.9. The number of carboxylic acid groups (broad SMARTS) is 1. The molecule has 0 spiro atoms. The number of hydrogen-bond donors (Lipinski definition) is 3. The molecule has 0 aliphatic heterocycles. The van der Waals surface area contributed by atoms with Crippen LogP contribution in [0, 0.1) is 0 Å². The van der Waals surface area contributed by atoms with E-state index in [9.17, 15) is 19.5 Å². The number of carboxylic acids is 1. The van der Waals surface area contributed by atoms with Crippen LogP contribution >= 0.6 is 22.9 Å². The standard InChI is InChI=1S/C24H16ClN3O4S/c25-15-5-7-16(8-6-15)27-22(29)14-4-9-17(24(31)32)19(13-14)28-23(30)21-11-10-20(33-21)18-3-1-2-12-26-18/h1-13H,(H,27,29)(H,28,30)(H,31,32). The second-order valence-corrected chi connectivity index (χ2v) is 8.38. The number of rotatable bonds is 6. The number of aromatic nitrogens is 1. The molecule has 2 heterocycles. The third kappa shape index (κ3) is 5.25. The van der Waals surface area contributed by atoms with Crippen molar-refractivity contribution in [2.24, 2.45) is 0 Å². The molecule has 0 saturated carbocycles. The highest BCUT2D eigenvalue weighted by atomic mass is 35.5. The zero-order valence-corrected chi connectivity index (χ0v) is 18.5. The number of pyridine rings is 1. The van der Waals surface area contributed by atoms with Crippen molar-refractivity contribution in [3.8, 4) is 10.6 Å². The SMILES string of the molecule is O=C(Nc1ccc(Cl)cc1)c1ccc(C(=O)O)c(NC(=O)c2ccc(-c3ccccn3)s2)c1.